The van der Waals surface area contributed by atoms with Crippen LogP contribution in [0.1, 0.15) is 0 Å². The normalized spacial score (nSPS) is 12.1. The molecule has 3 nitrogen and oxygen atoms in total. The van der Waals surface area contributed by atoms with Gasteiger partial charge >= 0.3 is 0 Å². The number of rotatable bonds is 4. The fourth-order valence-electron chi connectivity index (χ4n) is 11.5. The van der Waals surface area contributed by atoms with Gasteiger partial charge < -0.3 is 4.42 Å². The van der Waals surface area contributed by atoms with Crippen LogP contribution in [0.3, 0.4) is 0 Å². The first-order valence-electron chi connectivity index (χ1n) is 23.6. The Kier molecular flexibility index (Phi) is 8.07. The molecule has 0 aliphatic rings. The van der Waals surface area contributed by atoms with Gasteiger partial charge in [-0.25, -0.2) is 9.97 Å². The quantitative estimate of drug-likeness (QED) is 0.165. The standard InChI is InChI=1S/C66H38N2O/c1-2-16-40-35-43(30-29-39(40)15-1)66-67-59(38-60(68-66)58-36-41-17-3-5-19-44(41)46-21-7-12-27-52(46)58)53-31-32-55(51-26-11-9-23-48(51)53)62-45-20-6-4-18-42(45)37-61-64(62)57-34-33-56-50-25-10-8-22-47(50)49-24-13-14-28-54(49)63(56)65(57)69-61/h1-38H. The van der Waals surface area contributed by atoms with Crippen molar-refractivity contribution in [1.29, 1.82) is 0 Å². The molecule has 15 rings (SSSR count). The number of fused-ring (bicyclic) bond motifs is 16. The molecule has 0 N–H and O–H groups in total. The molecular formula is C66H38N2O. The Morgan fingerprint density at radius 1 is 0.275 bits per heavy atom. The van der Waals surface area contributed by atoms with Crippen molar-refractivity contribution in [2.24, 2.45) is 0 Å². The Hall–Kier alpha value is -9.18. The van der Waals surface area contributed by atoms with Crippen LogP contribution in [-0.2, 0) is 0 Å². The number of hydrogen-bond donors (Lipinski definition) is 0. The molecular weight excluding hydrogens is 837 g/mol. The summed E-state index contributed by atoms with van der Waals surface area (Å²) in [5.74, 6) is 0.687. The van der Waals surface area contributed by atoms with Gasteiger partial charge in [-0.2, -0.15) is 0 Å². The summed E-state index contributed by atoms with van der Waals surface area (Å²) in [4.78, 5) is 10.9. The molecule has 0 aliphatic heterocycles. The van der Waals surface area contributed by atoms with Gasteiger partial charge in [0.05, 0.1) is 11.4 Å². The van der Waals surface area contributed by atoms with Crippen LogP contribution >= 0.6 is 0 Å². The summed E-state index contributed by atoms with van der Waals surface area (Å²) in [6.07, 6.45) is 0. The maximum Gasteiger partial charge on any atom is 0.160 e. The van der Waals surface area contributed by atoms with Crippen molar-refractivity contribution in [3.05, 3.63) is 231 Å². The van der Waals surface area contributed by atoms with Crippen LogP contribution < -0.4 is 0 Å². The molecule has 0 aliphatic carbocycles. The zero-order chi connectivity index (χ0) is 45.2. The van der Waals surface area contributed by atoms with E-state index in [1.807, 2.05) is 0 Å². The molecule has 15 aromatic rings. The van der Waals surface area contributed by atoms with Crippen LogP contribution in [-0.4, -0.2) is 9.97 Å². The molecule has 0 spiro atoms. The lowest BCUT2D eigenvalue weighted by molar-refractivity contribution is 0.673. The second-order valence-electron chi connectivity index (χ2n) is 18.3. The van der Waals surface area contributed by atoms with E-state index in [0.717, 1.165) is 93.5 Å². The zero-order valence-corrected chi connectivity index (χ0v) is 37.2. The molecule has 2 heterocycles. The van der Waals surface area contributed by atoms with Crippen LogP contribution in [0.15, 0.2) is 235 Å². The van der Waals surface area contributed by atoms with Crippen molar-refractivity contribution in [2.75, 3.05) is 0 Å². The molecule has 2 aromatic heterocycles. The zero-order valence-electron chi connectivity index (χ0n) is 37.2. The van der Waals surface area contributed by atoms with Gasteiger partial charge in [0.1, 0.15) is 11.2 Å². The number of furan rings is 1. The molecule has 0 saturated heterocycles. The first-order valence-corrected chi connectivity index (χ1v) is 23.6. The third kappa shape index (κ3) is 5.68. The van der Waals surface area contributed by atoms with E-state index in [-0.39, 0.29) is 0 Å². The van der Waals surface area contributed by atoms with E-state index in [2.05, 4.69) is 231 Å². The average Bonchev–Trinajstić information content (AvgIpc) is 3.80. The molecule has 13 aromatic carbocycles. The summed E-state index contributed by atoms with van der Waals surface area (Å²) in [6, 6.07) is 83.3. The third-order valence-corrected chi connectivity index (χ3v) is 14.6. The molecule has 0 radical (unpaired) electrons. The minimum absolute atomic E-state index is 0.687. The van der Waals surface area contributed by atoms with Crippen LogP contribution in [0.4, 0.5) is 0 Å². The predicted molar refractivity (Wildman–Crippen MR) is 291 cm³/mol. The fraction of sp³-hybridized carbons (Fsp3) is 0. The Morgan fingerprint density at radius 2 is 0.754 bits per heavy atom. The highest BCUT2D eigenvalue weighted by Gasteiger charge is 2.23. The van der Waals surface area contributed by atoms with Crippen LogP contribution in [0.25, 0.3) is 153 Å². The molecule has 318 valence electrons. The Balaban J connectivity index is 1.01. The second-order valence-corrected chi connectivity index (χ2v) is 18.3. The van der Waals surface area contributed by atoms with Crippen LogP contribution in [0, 0.1) is 0 Å². The summed E-state index contributed by atoms with van der Waals surface area (Å²) >= 11 is 0. The van der Waals surface area contributed by atoms with E-state index in [0.29, 0.717) is 5.82 Å². The number of hydrogen-bond acceptors (Lipinski definition) is 3. The van der Waals surface area contributed by atoms with E-state index in [1.165, 1.54) is 53.9 Å². The van der Waals surface area contributed by atoms with E-state index < -0.39 is 0 Å². The minimum atomic E-state index is 0.687. The first-order chi connectivity index (χ1) is 34.2. The van der Waals surface area contributed by atoms with Crippen molar-refractivity contribution < 1.29 is 4.42 Å². The van der Waals surface area contributed by atoms with Crippen molar-refractivity contribution in [1.82, 2.24) is 9.97 Å². The minimum Gasteiger partial charge on any atom is -0.455 e. The smallest absolute Gasteiger partial charge is 0.160 e. The largest absolute Gasteiger partial charge is 0.455 e. The highest BCUT2D eigenvalue weighted by molar-refractivity contribution is 6.34. The van der Waals surface area contributed by atoms with Gasteiger partial charge in [-0.3, -0.25) is 0 Å². The lowest BCUT2D eigenvalue weighted by Crippen LogP contribution is -1.98. The van der Waals surface area contributed by atoms with E-state index in [4.69, 9.17) is 14.4 Å². The van der Waals surface area contributed by atoms with Crippen LogP contribution in [0.2, 0.25) is 0 Å². The first kappa shape index (κ1) is 38.0. The summed E-state index contributed by atoms with van der Waals surface area (Å²) in [5.41, 5.74) is 8.94. The van der Waals surface area contributed by atoms with E-state index >= 15 is 0 Å². The molecule has 0 saturated carbocycles. The van der Waals surface area contributed by atoms with Crippen molar-refractivity contribution >= 4 is 108 Å². The average molecular weight is 875 g/mol. The van der Waals surface area contributed by atoms with Crippen molar-refractivity contribution in [3.8, 4) is 45.0 Å². The SMILES string of the molecule is c1ccc2cc(-c3nc(-c4ccc(-c5c6ccccc6cc6oc7c(ccc8c9ccccc9c9ccccc9c87)c56)c5ccccc45)cc(-c4cc5ccccc5c5ccccc45)n3)ccc2c1. The van der Waals surface area contributed by atoms with Crippen molar-refractivity contribution in [3.63, 3.8) is 0 Å². The monoisotopic (exact) mass is 874 g/mol. The van der Waals surface area contributed by atoms with E-state index in [1.54, 1.807) is 0 Å². The van der Waals surface area contributed by atoms with E-state index in [9.17, 15) is 0 Å². The molecule has 3 heteroatoms. The lowest BCUT2D eigenvalue weighted by Gasteiger charge is -2.16. The fourth-order valence-corrected chi connectivity index (χ4v) is 11.5. The number of aromatic nitrogens is 2. The molecule has 0 unspecified atom stereocenters. The van der Waals surface area contributed by atoms with Gasteiger partial charge in [-0.1, -0.05) is 200 Å². The Bertz CT molecular complexity index is 4640. The highest BCUT2D eigenvalue weighted by atomic mass is 16.3. The Morgan fingerprint density at radius 3 is 1.46 bits per heavy atom. The summed E-state index contributed by atoms with van der Waals surface area (Å²) < 4.78 is 7.18. The lowest BCUT2D eigenvalue weighted by atomic mass is 9.87. The number of benzene rings is 13. The third-order valence-electron chi connectivity index (χ3n) is 14.6. The maximum absolute atomic E-state index is 7.18. The molecule has 69 heavy (non-hydrogen) atoms. The van der Waals surface area contributed by atoms with Gasteiger partial charge in [0.15, 0.2) is 5.82 Å². The topological polar surface area (TPSA) is 38.9 Å². The summed E-state index contributed by atoms with van der Waals surface area (Å²) in [5, 5.41) is 21.1. The molecule has 0 bridgehead atoms. The Labute approximate surface area is 396 Å². The summed E-state index contributed by atoms with van der Waals surface area (Å²) in [7, 11) is 0. The van der Waals surface area contributed by atoms with Crippen molar-refractivity contribution in [2.45, 2.75) is 0 Å². The van der Waals surface area contributed by atoms with Gasteiger partial charge in [0, 0.05) is 38.4 Å². The number of nitrogens with zero attached hydrogens (tertiary/aromatic N) is 2. The maximum atomic E-state index is 7.18. The van der Waals surface area contributed by atoms with Gasteiger partial charge in [0.25, 0.3) is 0 Å². The highest BCUT2D eigenvalue weighted by Crippen LogP contribution is 2.49. The molecule has 0 amide bonds. The predicted octanol–water partition coefficient (Wildman–Crippen LogP) is 18.3. The second kappa shape index (κ2) is 14.7. The van der Waals surface area contributed by atoms with Gasteiger partial charge in [-0.05, 0) is 117 Å². The van der Waals surface area contributed by atoms with Gasteiger partial charge in [0.2, 0.25) is 0 Å². The molecule has 0 atom stereocenters. The van der Waals surface area contributed by atoms with Gasteiger partial charge in [-0.15, -0.1) is 0 Å². The van der Waals surface area contributed by atoms with Crippen LogP contribution in [0.5, 0.6) is 0 Å². The summed E-state index contributed by atoms with van der Waals surface area (Å²) in [6.45, 7) is 0. The molecule has 0 fully saturated rings.